The number of nitrogens with zero attached hydrogens (tertiary/aromatic N) is 1. The number of carbonyl (C=O) groups excluding carboxylic acids is 1. The highest BCUT2D eigenvalue weighted by Crippen LogP contribution is 2.26. The monoisotopic (exact) mass is 264 g/mol. The highest BCUT2D eigenvalue weighted by molar-refractivity contribution is 5.88. The van der Waals surface area contributed by atoms with Crippen LogP contribution < -0.4 is 5.32 Å². The summed E-state index contributed by atoms with van der Waals surface area (Å²) in [6.45, 7) is 1.76. The van der Waals surface area contributed by atoms with Crippen molar-refractivity contribution in [3.05, 3.63) is 33.9 Å². The Kier molecular flexibility index (Phi) is 3.99. The molecule has 0 bridgehead atoms. The molecule has 0 radical (unpaired) electrons. The van der Waals surface area contributed by atoms with E-state index in [0.717, 1.165) is 31.2 Å². The Morgan fingerprint density at radius 1 is 1.42 bits per heavy atom. The first-order valence-corrected chi connectivity index (χ1v) is 6.29. The van der Waals surface area contributed by atoms with Crippen LogP contribution in [0.5, 0.6) is 0 Å². The Morgan fingerprint density at radius 3 is 2.74 bits per heavy atom. The SMILES string of the molecule is Cc1ccc(NC(=O)OC2CCCC2)c([N+](=O)[O-])c1. The molecule has 1 aromatic rings. The fraction of sp³-hybridized carbons (Fsp3) is 0.462. The third-order valence-electron chi connectivity index (χ3n) is 3.16. The Morgan fingerprint density at radius 2 is 2.11 bits per heavy atom. The number of benzene rings is 1. The minimum absolute atomic E-state index is 0.0653. The van der Waals surface area contributed by atoms with Gasteiger partial charge in [-0.25, -0.2) is 4.79 Å². The molecule has 19 heavy (non-hydrogen) atoms. The van der Waals surface area contributed by atoms with Crippen LogP contribution in [0.3, 0.4) is 0 Å². The van der Waals surface area contributed by atoms with Gasteiger partial charge in [0.05, 0.1) is 4.92 Å². The van der Waals surface area contributed by atoms with Gasteiger partial charge in [0.2, 0.25) is 0 Å². The molecule has 6 heteroatoms. The molecule has 1 fully saturated rings. The van der Waals surface area contributed by atoms with E-state index in [0.29, 0.717) is 0 Å². The van der Waals surface area contributed by atoms with Gasteiger partial charge in [0.1, 0.15) is 11.8 Å². The molecule has 1 aliphatic rings. The van der Waals surface area contributed by atoms with Crippen LogP contribution in [0.4, 0.5) is 16.2 Å². The quantitative estimate of drug-likeness (QED) is 0.670. The van der Waals surface area contributed by atoms with Crippen LogP contribution in [0, 0.1) is 17.0 Å². The molecule has 0 atom stereocenters. The van der Waals surface area contributed by atoms with E-state index in [1.807, 2.05) is 0 Å². The molecular weight excluding hydrogens is 248 g/mol. The summed E-state index contributed by atoms with van der Waals surface area (Å²) in [7, 11) is 0. The lowest BCUT2D eigenvalue weighted by Crippen LogP contribution is -2.20. The molecule has 2 rings (SSSR count). The van der Waals surface area contributed by atoms with E-state index in [9.17, 15) is 14.9 Å². The predicted molar refractivity (Wildman–Crippen MR) is 70.2 cm³/mol. The maximum absolute atomic E-state index is 11.7. The van der Waals surface area contributed by atoms with Crippen molar-refractivity contribution in [3.8, 4) is 0 Å². The number of rotatable bonds is 3. The number of nitrogens with one attached hydrogen (secondary N) is 1. The third kappa shape index (κ3) is 3.43. The lowest BCUT2D eigenvalue weighted by atomic mass is 10.2. The summed E-state index contributed by atoms with van der Waals surface area (Å²) in [5.41, 5.74) is 0.809. The largest absolute Gasteiger partial charge is 0.446 e. The number of aryl methyl sites for hydroxylation is 1. The molecule has 6 nitrogen and oxygen atoms in total. The van der Waals surface area contributed by atoms with Crippen LogP contribution in [-0.2, 0) is 4.74 Å². The minimum atomic E-state index is -0.626. The van der Waals surface area contributed by atoms with E-state index in [2.05, 4.69) is 5.32 Å². The van der Waals surface area contributed by atoms with Crippen LogP contribution in [0.1, 0.15) is 31.2 Å². The van der Waals surface area contributed by atoms with Gasteiger partial charge < -0.3 is 4.74 Å². The number of nitro groups is 1. The third-order valence-corrected chi connectivity index (χ3v) is 3.16. The van der Waals surface area contributed by atoms with Crippen molar-refractivity contribution in [3.63, 3.8) is 0 Å². The average molecular weight is 264 g/mol. The van der Waals surface area contributed by atoms with Crippen LogP contribution in [0.25, 0.3) is 0 Å². The normalized spacial score (nSPS) is 15.2. The van der Waals surface area contributed by atoms with Crippen molar-refractivity contribution in [2.24, 2.45) is 0 Å². The molecule has 1 saturated carbocycles. The van der Waals surface area contributed by atoms with Gasteiger partial charge in [-0.2, -0.15) is 0 Å². The summed E-state index contributed by atoms with van der Waals surface area (Å²) in [6, 6.07) is 4.65. The van der Waals surface area contributed by atoms with E-state index in [4.69, 9.17) is 4.74 Å². The lowest BCUT2D eigenvalue weighted by Gasteiger charge is -2.12. The van der Waals surface area contributed by atoms with Crippen molar-refractivity contribution in [1.82, 2.24) is 0 Å². The summed E-state index contributed by atoms with van der Waals surface area (Å²) in [5.74, 6) is 0. The highest BCUT2D eigenvalue weighted by atomic mass is 16.6. The zero-order valence-corrected chi connectivity index (χ0v) is 10.7. The van der Waals surface area contributed by atoms with Crippen LogP contribution >= 0.6 is 0 Å². The zero-order valence-electron chi connectivity index (χ0n) is 10.7. The first-order valence-electron chi connectivity index (χ1n) is 6.29. The summed E-state index contributed by atoms with van der Waals surface area (Å²) in [4.78, 5) is 22.1. The molecule has 1 aromatic carbocycles. The Hall–Kier alpha value is -2.11. The number of hydrogen-bond donors (Lipinski definition) is 1. The van der Waals surface area contributed by atoms with Crippen molar-refractivity contribution >= 4 is 17.5 Å². The molecule has 1 amide bonds. The molecule has 102 valence electrons. The summed E-state index contributed by atoms with van der Waals surface area (Å²) < 4.78 is 5.21. The highest BCUT2D eigenvalue weighted by Gasteiger charge is 2.21. The number of carbonyl (C=O) groups is 1. The van der Waals surface area contributed by atoms with E-state index < -0.39 is 11.0 Å². The number of anilines is 1. The van der Waals surface area contributed by atoms with Crippen LogP contribution in [0.15, 0.2) is 18.2 Å². The van der Waals surface area contributed by atoms with Gasteiger partial charge in [-0.3, -0.25) is 15.4 Å². The molecule has 0 aliphatic heterocycles. The van der Waals surface area contributed by atoms with E-state index in [1.165, 1.54) is 12.1 Å². The standard InChI is InChI=1S/C13H16N2O4/c1-9-6-7-11(12(8-9)15(17)18)14-13(16)19-10-4-2-3-5-10/h6-8,10H,2-5H2,1H3,(H,14,16). The first kappa shape index (κ1) is 13.3. The van der Waals surface area contributed by atoms with Crippen molar-refractivity contribution in [2.75, 3.05) is 5.32 Å². The van der Waals surface area contributed by atoms with Gasteiger partial charge in [-0.05, 0) is 44.2 Å². The van der Waals surface area contributed by atoms with E-state index in [1.54, 1.807) is 13.0 Å². The number of amides is 1. The topological polar surface area (TPSA) is 81.5 Å². The predicted octanol–water partition coefficient (Wildman–Crippen LogP) is 3.39. The summed E-state index contributed by atoms with van der Waals surface area (Å²) in [5, 5.41) is 13.4. The number of ether oxygens (including phenoxy) is 1. The smallest absolute Gasteiger partial charge is 0.412 e. The van der Waals surface area contributed by atoms with E-state index >= 15 is 0 Å². The van der Waals surface area contributed by atoms with Gasteiger partial charge in [0.15, 0.2) is 0 Å². The summed E-state index contributed by atoms with van der Waals surface area (Å²) >= 11 is 0. The van der Waals surface area contributed by atoms with Gasteiger partial charge in [0.25, 0.3) is 5.69 Å². The molecule has 0 aromatic heterocycles. The van der Waals surface area contributed by atoms with Gasteiger partial charge in [-0.1, -0.05) is 6.07 Å². The first-order chi connectivity index (χ1) is 9.06. The number of hydrogen-bond acceptors (Lipinski definition) is 4. The lowest BCUT2D eigenvalue weighted by molar-refractivity contribution is -0.384. The van der Waals surface area contributed by atoms with Gasteiger partial charge in [-0.15, -0.1) is 0 Å². The summed E-state index contributed by atoms with van der Waals surface area (Å²) in [6.07, 6.45) is 3.15. The molecule has 1 N–H and O–H groups in total. The Bertz CT molecular complexity index is 495. The maximum Gasteiger partial charge on any atom is 0.412 e. The van der Waals surface area contributed by atoms with E-state index in [-0.39, 0.29) is 17.5 Å². The number of nitro benzene ring substituents is 1. The Labute approximate surface area is 110 Å². The van der Waals surface area contributed by atoms with Gasteiger partial charge >= 0.3 is 6.09 Å². The maximum atomic E-state index is 11.7. The van der Waals surface area contributed by atoms with Crippen molar-refractivity contribution in [2.45, 2.75) is 38.7 Å². The molecule has 0 saturated heterocycles. The van der Waals surface area contributed by atoms with Crippen LogP contribution in [-0.4, -0.2) is 17.1 Å². The zero-order chi connectivity index (χ0) is 13.8. The van der Waals surface area contributed by atoms with Crippen LogP contribution in [0.2, 0.25) is 0 Å². The van der Waals surface area contributed by atoms with Gasteiger partial charge in [0, 0.05) is 6.07 Å². The van der Waals surface area contributed by atoms with Crippen molar-refractivity contribution in [1.29, 1.82) is 0 Å². The molecular formula is C13H16N2O4. The van der Waals surface area contributed by atoms with Crippen molar-refractivity contribution < 1.29 is 14.5 Å². The molecule has 0 heterocycles. The molecule has 1 aliphatic carbocycles. The minimum Gasteiger partial charge on any atom is -0.446 e. The second kappa shape index (κ2) is 5.69. The molecule has 0 unspecified atom stereocenters. The second-order valence-electron chi connectivity index (χ2n) is 4.71. The second-order valence-corrected chi connectivity index (χ2v) is 4.71. The Balaban J connectivity index is 2.05. The average Bonchev–Trinajstić information content (AvgIpc) is 2.83. The fourth-order valence-corrected chi connectivity index (χ4v) is 2.20. The molecule has 0 spiro atoms. The fourth-order valence-electron chi connectivity index (χ4n) is 2.20.